The molecule has 1 N–H and O–H groups in total. The normalized spacial score (nSPS) is 11.0. The number of fused-ring (bicyclic) bond motifs is 1. The van der Waals surface area contributed by atoms with Crippen molar-refractivity contribution in [3.8, 4) is 5.69 Å². The summed E-state index contributed by atoms with van der Waals surface area (Å²) in [6, 6.07) is 11.5. The van der Waals surface area contributed by atoms with E-state index in [1.54, 1.807) is 17.1 Å². The SMILES string of the molecule is Cc1occc1CNC(=O)c1nnn(-c2cccc3cccnc23)c1C. The zero-order valence-corrected chi connectivity index (χ0v) is 14.4. The number of hydrogen-bond donors (Lipinski definition) is 1. The predicted molar refractivity (Wildman–Crippen MR) is 96.0 cm³/mol. The van der Waals surface area contributed by atoms with Crippen LogP contribution in [0.15, 0.2) is 53.3 Å². The van der Waals surface area contributed by atoms with Crippen molar-refractivity contribution in [1.29, 1.82) is 0 Å². The third-order valence-corrected chi connectivity index (χ3v) is 4.35. The fraction of sp³-hybridized carbons (Fsp3) is 0.158. The van der Waals surface area contributed by atoms with Gasteiger partial charge in [-0.15, -0.1) is 5.10 Å². The van der Waals surface area contributed by atoms with E-state index in [-0.39, 0.29) is 5.91 Å². The summed E-state index contributed by atoms with van der Waals surface area (Å²) in [5.41, 5.74) is 3.48. The molecule has 26 heavy (non-hydrogen) atoms. The number of nitrogens with one attached hydrogen (secondary N) is 1. The number of furan rings is 1. The van der Waals surface area contributed by atoms with Crippen LogP contribution < -0.4 is 5.32 Å². The molecule has 130 valence electrons. The molecule has 0 aliphatic rings. The summed E-state index contributed by atoms with van der Waals surface area (Å²) in [6.07, 6.45) is 3.34. The summed E-state index contributed by atoms with van der Waals surface area (Å²) in [6.45, 7) is 4.06. The highest BCUT2D eigenvalue weighted by Crippen LogP contribution is 2.21. The first kappa shape index (κ1) is 16.0. The summed E-state index contributed by atoms with van der Waals surface area (Å²) >= 11 is 0. The molecule has 0 unspecified atom stereocenters. The first-order valence-corrected chi connectivity index (χ1v) is 8.23. The van der Waals surface area contributed by atoms with Gasteiger partial charge in [-0.05, 0) is 32.0 Å². The second kappa shape index (κ2) is 6.44. The van der Waals surface area contributed by atoms with Crippen LogP contribution in [0.25, 0.3) is 16.6 Å². The summed E-state index contributed by atoms with van der Waals surface area (Å²) in [4.78, 5) is 16.9. The Morgan fingerprint density at radius 1 is 1.19 bits per heavy atom. The van der Waals surface area contributed by atoms with E-state index in [0.717, 1.165) is 27.9 Å². The third kappa shape index (κ3) is 2.73. The van der Waals surface area contributed by atoms with Crippen molar-refractivity contribution >= 4 is 16.8 Å². The summed E-state index contributed by atoms with van der Waals surface area (Å²) < 4.78 is 6.88. The maximum Gasteiger partial charge on any atom is 0.274 e. The van der Waals surface area contributed by atoms with Crippen LogP contribution in [0, 0.1) is 13.8 Å². The van der Waals surface area contributed by atoms with E-state index in [0.29, 0.717) is 17.9 Å². The molecular weight excluding hydrogens is 330 g/mol. The predicted octanol–water partition coefficient (Wildman–Crippen LogP) is 2.96. The molecule has 3 aromatic heterocycles. The Balaban J connectivity index is 1.63. The Hall–Kier alpha value is -3.48. The largest absolute Gasteiger partial charge is 0.469 e. The molecule has 0 saturated carbocycles. The first-order chi connectivity index (χ1) is 12.6. The van der Waals surface area contributed by atoms with Gasteiger partial charge >= 0.3 is 0 Å². The van der Waals surface area contributed by atoms with Gasteiger partial charge in [0, 0.05) is 23.7 Å². The second-order valence-electron chi connectivity index (χ2n) is 5.97. The molecule has 0 aliphatic heterocycles. The molecule has 0 atom stereocenters. The van der Waals surface area contributed by atoms with Crippen molar-refractivity contribution in [2.24, 2.45) is 0 Å². The molecule has 1 aromatic carbocycles. The Morgan fingerprint density at radius 3 is 2.85 bits per heavy atom. The lowest BCUT2D eigenvalue weighted by Crippen LogP contribution is -2.24. The number of carbonyl (C=O) groups excluding carboxylic acids is 1. The smallest absolute Gasteiger partial charge is 0.274 e. The lowest BCUT2D eigenvalue weighted by Gasteiger charge is -2.07. The monoisotopic (exact) mass is 347 g/mol. The molecule has 0 fully saturated rings. The van der Waals surface area contributed by atoms with Gasteiger partial charge in [-0.25, -0.2) is 4.68 Å². The molecule has 7 nitrogen and oxygen atoms in total. The lowest BCUT2D eigenvalue weighted by molar-refractivity contribution is 0.0945. The summed E-state index contributed by atoms with van der Waals surface area (Å²) in [5.74, 6) is 0.509. The topological polar surface area (TPSA) is 85.8 Å². The fourth-order valence-corrected chi connectivity index (χ4v) is 2.88. The van der Waals surface area contributed by atoms with Gasteiger partial charge in [0.2, 0.25) is 0 Å². The minimum Gasteiger partial charge on any atom is -0.469 e. The average Bonchev–Trinajstić information content (AvgIpc) is 3.24. The van der Waals surface area contributed by atoms with Gasteiger partial charge in [0.05, 0.1) is 23.2 Å². The van der Waals surface area contributed by atoms with Gasteiger partial charge in [-0.1, -0.05) is 23.4 Å². The van der Waals surface area contributed by atoms with E-state index in [9.17, 15) is 4.79 Å². The zero-order valence-electron chi connectivity index (χ0n) is 14.4. The van der Waals surface area contributed by atoms with Gasteiger partial charge in [-0.3, -0.25) is 9.78 Å². The highest BCUT2D eigenvalue weighted by Gasteiger charge is 2.18. The van der Waals surface area contributed by atoms with Crippen LogP contribution in [0.4, 0.5) is 0 Å². The molecule has 0 aliphatic carbocycles. The molecule has 4 aromatic rings. The van der Waals surface area contributed by atoms with Crippen LogP contribution >= 0.6 is 0 Å². The van der Waals surface area contributed by atoms with Crippen LogP contribution in [-0.4, -0.2) is 25.9 Å². The first-order valence-electron chi connectivity index (χ1n) is 8.23. The van der Waals surface area contributed by atoms with Crippen LogP contribution in [0.2, 0.25) is 0 Å². The average molecular weight is 347 g/mol. The van der Waals surface area contributed by atoms with Gasteiger partial charge in [0.15, 0.2) is 5.69 Å². The Labute approximate surface area is 149 Å². The van der Waals surface area contributed by atoms with Crippen LogP contribution in [0.3, 0.4) is 0 Å². The van der Waals surface area contributed by atoms with Gasteiger partial charge in [-0.2, -0.15) is 0 Å². The van der Waals surface area contributed by atoms with Gasteiger partial charge in [0.1, 0.15) is 5.76 Å². The van der Waals surface area contributed by atoms with E-state index in [2.05, 4.69) is 20.6 Å². The molecule has 0 spiro atoms. The van der Waals surface area contributed by atoms with E-state index in [1.807, 2.05) is 50.2 Å². The van der Waals surface area contributed by atoms with Crippen molar-refractivity contribution in [2.75, 3.05) is 0 Å². The van der Waals surface area contributed by atoms with Crippen molar-refractivity contribution in [2.45, 2.75) is 20.4 Å². The fourth-order valence-electron chi connectivity index (χ4n) is 2.88. The maximum absolute atomic E-state index is 12.5. The molecule has 3 heterocycles. The van der Waals surface area contributed by atoms with Crippen LogP contribution in [-0.2, 0) is 6.54 Å². The molecule has 0 radical (unpaired) electrons. The number of hydrogen-bond acceptors (Lipinski definition) is 5. The Kier molecular flexibility index (Phi) is 3.96. The Bertz CT molecular complexity index is 1090. The quantitative estimate of drug-likeness (QED) is 0.613. The molecule has 7 heteroatoms. The van der Waals surface area contributed by atoms with E-state index in [4.69, 9.17) is 4.42 Å². The van der Waals surface area contributed by atoms with E-state index in [1.165, 1.54) is 0 Å². The Morgan fingerprint density at radius 2 is 2.04 bits per heavy atom. The second-order valence-corrected chi connectivity index (χ2v) is 5.97. The number of nitrogens with zero attached hydrogens (tertiary/aromatic N) is 4. The molecule has 0 bridgehead atoms. The minimum absolute atomic E-state index is 0.275. The van der Waals surface area contributed by atoms with E-state index < -0.39 is 0 Å². The molecule has 1 amide bonds. The molecule has 0 saturated heterocycles. The number of rotatable bonds is 4. The van der Waals surface area contributed by atoms with Crippen molar-refractivity contribution in [3.05, 3.63) is 71.6 Å². The summed E-state index contributed by atoms with van der Waals surface area (Å²) in [7, 11) is 0. The van der Waals surface area contributed by atoms with Gasteiger partial charge in [0.25, 0.3) is 5.91 Å². The lowest BCUT2D eigenvalue weighted by atomic mass is 10.2. The maximum atomic E-state index is 12.5. The number of aromatic nitrogens is 4. The highest BCUT2D eigenvalue weighted by atomic mass is 16.3. The van der Waals surface area contributed by atoms with Crippen LogP contribution in [0.5, 0.6) is 0 Å². The van der Waals surface area contributed by atoms with Crippen LogP contribution in [0.1, 0.15) is 27.5 Å². The standard InChI is InChI=1S/C19H17N5O2/c1-12-17(19(25)21-11-15-8-10-26-13(15)2)22-23-24(12)16-7-3-5-14-6-4-9-20-18(14)16/h3-10H,11H2,1-2H3,(H,21,25). The molecular formula is C19H17N5O2. The number of pyridine rings is 1. The number of carbonyl (C=O) groups is 1. The number of amides is 1. The van der Waals surface area contributed by atoms with Crippen molar-refractivity contribution < 1.29 is 9.21 Å². The highest BCUT2D eigenvalue weighted by molar-refractivity contribution is 5.93. The molecule has 4 rings (SSSR count). The number of benzene rings is 1. The number of para-hydroxylation sites is 1. The summed E-state index contributed by atoms with van der Waals surface area (Å²) in [5, 5.41) is 12.1. The number of aryl methyl sites for hydroxylation is 1. The van der Waals surface area contributed by atoms with E-state index >= 15 is 0 Å². The zero-order chi connectivity index (χ0) is 18.1. The van der Waals surface area contributed by atoms with Crippen molar-refractivity contribution in [3.63, 3.8) is 0 Å². The van der Waals surface area contributed by atoms with Crippen molar-refractivity contribution in [1.82, 2.24) is 25.3 Å². The minimum atomic E-state index is -0.275. The van der Waals surface area contributed by atoms with Gasteiger partial charge < -0.3 is 9.73 Å². The third-order valence-electron chi connectivity index (χ3n) is 4.35.